The van der Waals surface area contributed by atoms with E-state index in [4.69, 9.17) is 30.6 Å². The van der Waals surface area contributed by atoms with E-state index in [9.17, 15) is 0 Å². The molecule has 0 fully saturated rings. The molecule has 11 heteroatoms. The second kappa shape index (κ2) is 16.9. The minimum Gasteiger partial charge on any atom is -0.356 e. The van der Waals surface area contributed by atoms with Crippen molar-refractivity contribution in [2.24, 2.45) is 0 Å². The number of hydrogen-bond donors (Lipinski definition) is 0. The number of rotatable bonds is 2. The van der Waals surface area contributed by atoms with E-state index in [1.165, 1.54) is 32.9 Å². The molecule has 188 valence electrons. The maximum absolute atomic E-state index is 8.25. The van der Waals surface area contributed by atoms with Gasteiger partial charge in [0.05, 0.1) is 49.3 Å². The molecule has 4 rings (SSSR count). The molecule has 0 bridgehead atoms. The molecule has 0 spiro atoms. The SMILES string of the molecule is CC1=C[PH+](c2ccccc2)C=C1C.CC1=C[PH+](c2ccccc2)C=C1C.O=[N+]([O-])[O-].O=[N+]([O-])[O-].[Pd+2]. The second-order valence-electron chi connectivity index (χ2n) is 7.40. The van der Waals surface area contributed by atoms with Crippen LogP contribution in [-0.2, 0) is 20.4 Å². The number of hydrogen-bond acceptors (Lipinski definition) is 6. The largest absolute Gasteiger partial charge is 2.00 e. The van der Waals surface area contributed by atoms with Crippen LogP contribution in [0.25, 0.3) is 0 Å². The van der Waals surface area contributed by atoms with E-state index < -0.39 is 26.0 Å². The van der Waals surface area contributed by atoms with Gasteiger partial charge in [0.1, 0.15) is 10.6 Å². The average molecular weight is 609 g/mol. The van der Waals surface area contributed by atoms with Gasteiger partial charge in [0.2, 0.25) is 0 Å². The molecule has 0 N–H and O–H groups in total. The third-order valence-corrected chi connectivity index (χ3v) is 9.92. The number of allylic oxidation sites excluding steroid dienone is 4. The summed E-state index contributed by atoms with van der Waals surface area (Å²) < 4.78 is 0. The van der Waals surface area contributed by atoms with E-state index in [-0.39, 0.29) is 20.4 Å². The average Bonchev–Trinajstić information content (AvgIpc) is 3.30. The molecule has 0 saturated carbocycles. The zero-order chi connectivity index (χ0) is 25.7. The summed E-state index contributed by atoms with van der Waals surface area (Å²) in [6.07, 6.45) is 0. The monoisotopic (exact) mass is 608 g/mol. The maximum atomic E-state index is 8.25. The van der Waals surface area contributed by atoms with Gasteiger partial charge >= 0.3 is 20.4 Å². The molecule has 2 heterocycles. The molecule has 0 aromatic heterocycles. The summed E-state index contributed by atoms with van der Waals surface area (Å²) in [4.78, 5) is 16.5. The fraction of sp³-hybridized carbons (Fsp3) is 0.167. The quantitative estimate of drug-likeness (QED) is 0.172. The first kappa shape index (κ1) is 32.3. The Balaban J connectivity index is 0.000000499. The van der Waals surface area contributed by atoms with Crippen LogP contribution in [0.1, 0.15) is 27.7 Å². The van der Waals surface area contributed by atoms with Gasteiger partial charge in [-0.05, 0) is 74.3 Å². The predicted octanol–water partition coefficient (Wildman–Crippen LogP) is 6.21. The van der Waals surface area contributed by atoms with Crippen molar-refractivity contribution >= 4 is 26.5 Å². The van der Waals surface area contributed by atoms with Gasteiger partial charge in [-0.1, -0.05) is 36.4 Å². The molecular formula is C24H28N2O6P2Pd+2. The zero-order valence-electron chi connectivity index (χ0n) is 19.7. The summed E-state index contributed by atoms with van der Waals surface area (Å²) >= 11 is 0. The molecule has 0 atom stereocenters. The van der Waals surface area contributed by atoms with Crippen molar-refractivity contribution in [3.63, 3.8) is 0 Å². The third kappa shape index (κ3) is 13.1. The molecule has 35 heavy (non-hydrogen) atoms. The van der Waals surface area contributed by atoms with Crippen LogP contribution < -0.4 is 10.6 Å². The van der Waals surface area contributed by atoms with E-state index in [1.807, 2.05) is 0 Å². The fourth-order valence-electron chi connectivity index (χ4n) is 3.07. The molecule has 0 radical (unpaired) electrons. The van der Waals surface area contributed by atoms with Crippen molar-refractivity contribution in [1.82, 2.24) is 0 Å². The topological polar surface area (TPSA) is 132 Å². The molecule has 0 saturated heterocycles. The fourth-order valence-corrected chi connectivity index (χ4v) is 7.83. The summed E-state index contributed by atoms with van der Waals surface area (Å²) in [5, 5.41) is 32.5. The molecule has 8 nitrogen and oxygen atoms in total. The smallest absolute Gasteiger partial charge is 0.356 e. The molecule has 2 aliphatic heterocycles. The molecule has 0 amide bonds. The first-order chi connectivity index (χ1) is 16.0. The zero-order valence-corrected chi connectivity index (χ0v) is 23.3. The van der Waals surface area contributed by atoms with Crippen LogP contribution >= 0.6 is 15.8 Å². The van der Waals surface area contributed by atoms with Gasteiger partial charge in [-0.15, -0.1) is 0 Å². The standard InChI is InChI=1S/2C12H13P.2NO3.Pd/c2*1-10-8-13(9-11(10)2)12-6-4-3-5-7-12;2*2-1(3)4;/h2*3-9H,1-2H3;;;/q;;2*-1;+2/p+2. The van der Waals surface area contributed by atoms with Crippen LogP contribution in [0.2, 0.25) is 0 Å². The van der Waals surface area contributed by atoms with Crippen molar-refractivity contribution in [1.29, 1.82) is 0 Å². The first-order valence-corrected chi connectivity index (χ1v) is 13.5. The van der Waals surface area contributed by atoms with E-state index in [1.54, 1.807) is 0 Å². The van der Waals surface area contributed by atoms with Gasteiger partial charge in [-0.25, -0.2) is 0 Å². The van der Waals surface area contributed by atoms with Gasteiger partial charge in [-0.2, -0.15) is 0 Å². The first-order valence-electron chi connectivity index (χ1n) is 10.2. The van der Waals surface area contributed by atoms with E-state index in [0.717, 1.165) is 0 Å². The van der Waals surface area contributed by atoms with E-state index in [0.29, 0.717) is 0 Å². The van der Waals surface area contributed by atoms with Crippen molar-refractivity contribution in [2.75, 3.05) is 0 Å². The van der Waals surface area contributed by atoms with Gasteiger partial charge in [0.25, 0.3) is 0 Å². The van der Waals surface area contributed by atoms with E-state index in [2.05, 4.69) is 112 Å². The minimum absolute atomic E-state index is 0. The van der Waals surface area contributed by atoms with Crippen molar-refractivity contribution in [3.8, 4) is 0 Å². The Hall–Kier alpha value is -2.68. The Morgan fingerprint density at radius 2 is 0.714 bits per heavy atom. The van der Waals surface area contributed by atoms with Gasteiger partial charge in [-0.3, -0.25) is 0 Å². The summed E-state index contributed by atoms with van der Waals surface area (Å²) in [5.74, 6) is 9.70. The minimum atomic E-state index is -1.75. The Bertz CT molecular complexity index is 958. The van der Waals surface area contributed by atoms with Crippen LogP contribution in [-0.4, -0.2) is 10.2 Å². The Kier molecular flexibility index (Phi) is 15.6. The number of nitrogens with zero attached hydrogens (tertiary/aromatic N) is 2. The van der Waals surface area contributed by atoms with Gasteiger partial charge in [0, 0.05) is 0 Å². The Morgan fingerprint density at radius 3 is 0.914 bits per heavy atom. The molecular weight excluding hydrogens is 581 g/mol. The number of benzene rings is 2. The van der Waals surface area contributed by atoms with E-state index >= 15 is 0 Å². The van der Waals surface area contributed by atoms with Crippen molar-refractivity contribution < 1.29 is 30.6 Å². The van der Waals surface area contributed by atoms with Gasteiger partial charge in [0.15, 0.2) is 0 Å². The van der Waals surface area contributed by atoms with Crippen LogP contribution in [0, 0.1) is 30.6 Å². The van der Waals surface area contributed by atoms with Crippen LogP contribution in [0.15, 0.2) is 106 Å². The summed E-state index contributed by atoms with van der Waals surface area (Å²) in [6.45, 7) is 8.80. The van der Waals surface area contributed by atoms with Crippen molar-refractivity contribution in [2.45, 2.75) is 27.7 Å². The normalized spacial score (nSPS) is 14.1. The maximum Gasteiger partial charge on any atom is 2.00 e. The van der Waals surface area contributed by atoms with Crippen LogP contribution in [0.3, 0.4) is 0 Å². The molecule has 2 aromatic rings. The third-order valence-electron chi connectivity index (χ3n) is 4.95. The Labute approximate surface area is 221 Å². The second-order valence-corrected chi connectivity index (χ2v) is 11.5. The molecule has 2 aromatic carbocycles. The summed E-state index contributed by atoms with van der Waals surface area (Å²) in [6, 6.07) is 21.6. The van der Waals surface area contributed by atoms with Crippen molar-refractivity contribution in [3.05, 3.63) is 137 Å². The molecule has 0 unspecified atom stereocenters. The summed E-state index contributed by atoms with van der Waals surface area (Å²) in [7, 11) is -1.02. The summed E-state index contributed by atoms with van der Waals surface area (Å²) in [5.41, 5.74) is 5.82. The van der Waals surface area contributed by atoms with Gasteiger partial charge < -0.3 is 30.6 Å². The molecule has 2 aliphatic rings. The predicted molar refractivity (Wildman–Crippen MR) is 145 cm³/mol. The van der Waals surface area contributed by atoms with Crippen LogP contribution in [0.4, 0.5) is 0 Å². The van der Waals surface area contributed by atoms with Crippen LogP contribution in [0.5, 0.6) is 0 Å². The molecule has 0 aliphatic carbocycles. The Morgan fingerprint density at radius 1 is 0.514 bits per heavy atom.